The van der Waals surface area contributed by atoms with Crippen molar-refractivity contribution in [1.82, 2.24) is 10.6 Å². The van der Waals surface area contributed by atoms with Crippen molar-refractivity contribution in [3.05, 3.63) is 76.3 Å². The maximum absolute atomic E-state index is 15.5. The van der Waals surface area contributed by atoms with Crippen molar-refractivity contribution in [2.24, 2.45) is 4.99 Å². The summed E-state index contributed by atoms with van der Waals surface area (Å²) in [5.41, 5.74) is -2.31. The van der Waals surface area contributed by atoms with Crippen LogP contribution in [-0.2, 0) is 31.3 Å². The van der Waals surface area contributed by atoms with Gasteiger partial charge in [0.15, 0.2) is 11.6 Å². The van der Waals surface area contributed by atoms with Crippen molar-refractivity contribution in [3.63, 3.8) is 0 Å². The molecule has 1 aliphatic rings. The van der Waals surface area contributed by atoms with Gasteiger partial charge in [-0.3, -0.25) is 10.1 Å². The minimum Gasteiger partial charge on any atom is -0.444 e. The summed E-state index contributed by atoms with van der Waals surface area (Å²) in [5, 5.41) is 8.04. The molecule has 2 unspecified atom stereocenters. The molecule has 2 amide bonds. The van der Waals surface area contributed by atoms with Crippen LogP contribution in [0.1, 0.15) is 71.9 Å². The van der Waals surface area contributed by atoms with Crippen molar-refractivity contribution < 1.29 is 46.2 Å². The summed E-state index contributed by atoms with van der Waals surface area (Å²) in [4.78, 5) is 41.4. The Morgan fingerprint density at radius 3 is 2.26 bits per heavy atom. The van der Waals surface area contributed by atoms with Crippen LogP contribution >= 0.6 is 11.6 Å². The van der Waals surface area contributed by atoms with Gasteiger partial charge in [-0.05, 0) is 84.0 Å². The first-order valence-corrected chi connectivity index (χ1v) is 17.6. The van der Waals surface area contributed by atoms with Crippen LogP contribution in [0.4, 0.5) is 32.8 Å². The number of aliphatic imine (C=N–C) groups is 1. The van der Waals surface area contributed by atoms with Gasteiger partial charge in [0.05, 0.1) is 18.3 Å². The van der Waals surface area contributed by atoms with Crippen molar-refractivity contribution in [2.75, 3.05) is 25.1 Å². The molecule has 53 heavy (non-hydrogen) atoms. The van der Waals surface area contributed by atoms with Gasteiger partial charge < -0.3 is 24.8 Å². The first-order valence-electron chi connectivity index (χ1n) is 17.2. The number of benzene rings is 3. The third-order valence-electron chi connectivity index (χ3n) is 7.88. The van der Waals surface area contributed by atoms with Gasteiger partial charge in [-0.25, -0.2) is 18.4 Å². The van der Waals surface area contributed by atoms with E-state index >= 15 is 13.2 Å². The number of nitrogens with zero attached hydrogens (tertiary/aromatic N) is 1. The normalized spacial score (nSPS) is 16.3. The number of alkyl halides is 2. The van der Waals surface area contributed by atoms with Gasteiger partial charge in [0.1, 0.15) is 22.9 Å². The van der Waals surface area contributed by atoms with E-state index in [0.717, 1.165) is 12.1 Å². The number of halogens is 5. The van der Waals surface area contributed by atoms with Gasteiger partial charge >= 0.3 is 12.2 Å². The van der Waals surface area contributed by atoms with Crippen LogP contribution in [0.2, 0.25) is 5.02 Å². The highest BCUT2D eigenvalue weighted by Gasteiger charge is 2.41. The van der Waals surface area contributed by atoms with E-state index in [2.05, 4.69) is 20.9 Å². The fourth-order valence-electron chi connectivity index (χ4n) is 5.42. The van der Waals surface area contributed by atoms with Crippen molar-refractivity contribution in [3.8, 4) is 0 Å². The average Bonchev–Trinajstić information content (AvgIpc) is 3.82. The van der Waals surface area contributed by atoms with Crippen LogP contribution < -0.4 is 16.0 Å². The Bertz CT molecular complexity index is 1840. The molecule has 4 rings (SSSR count). The van der Waals surface area contributed by atoms with Gasteiger partial charge in [0, 0.05) is 53.6 Å². The van der Waals surface area contributed by atoms with Crippen LogP contribution in [-0.4, -0.2) is 66.8 Å². The molecule has 1 heterocycles. The number of amides is 2. The molecule has 3 aromatic carbocycles. The molecule has 0 spiro atoms. The summed E-state index contributed by atoms with van der Waals surface area (Å²) >= 11 is 6.23. The second-order valence-electron chi connectivity index (χ2n) is 14.7. The molecule has 3 aromatic rings. The van der Waals surface area contributed by atoms with E-state index in [0.29, 0.717) is 12.8 Å². The molecule has 1 saturated heterocycles. The molecule has 0 saturated carbocycles. The van der Waals surface area contributed by atoms with Gasteiger partial charge in [-0.15, -0.1) is 0 Å². The second-order valence-corrected chi connectivity index (χ2v) is 15.1. The lowest BCUT2D eigenvalue weighted by Gasteiger charge is -2.21. The molecule has 288 valence electrons. The fourth-order valence-corrected chi connectivity index (χ4v) is 5.64. The lowest BCUT2D eigenvalue weighted by molar-refractivity contribution is -0.118. The Kier molecular flexibility index (Phi) is 13.5. The number of rotatable bonds is 14. The Morgan fingerprint density at radius 1 is 0.906 bits per heavy atom. The maximum Gasteiger partial charge on any atom is 0.435 e. The monoisotopic (exact) mass is 764 g/mol. The van der Waals surface area contributed by atoms with Gasteiger partial charge in [-0.2, -0.15) is 13.8 Å². The molecule has 0 bridgehead atoms. The number of fused-ring (bicyclic) bond motifs is 1. The topological polar surface area (TPSA) is 137 Å². The molecule has 15 heteroatoms. The number of amidine groups is 1. The third kappa shape index (κ3) is 12.4. The van der Waals surface area contributed by atoms with Crippen molar-refractivity contribution in [1.29, 1.82) is 0 Å². The zero-order chi connectivity index (χ0) is 39.1. The lowest BCUT2D eigenvalue weighted by atomic mass is 9.99. The van der Waals surface area contributed by atoms with E-state index in [1.54, 1.807) is 47.6 Å². The van der Waals surface area contributed by atoms with E-state index in [1.165, 1.54) is 30.3 Å². The standard InChI is InChI=1S/C38H45ClF4N4O6/c1-36(2,3)52-34(49)46-31(47-35(50)53-37(4,5)6)12-9-18-51-19-17-29-33(45-29)30(48)20-24-26(39)14-16-28(32(24)41)44-21-38(42,43)25-13-15-27(40)23-11-8-7-10-22(23)25/h7-8,10-11,13-16,29,33,44-45H,9,12,17-21H2,1-6H3,(H,46,47,49,50). The maximum atomic E-state index is 15.5. The minimum absolute atomic E-state index is 0.0195. The van der Waals surface area contributed by atoms with E-state index in [1.807, 2.05) is 0 Å². The molecular formula is C38H45ClF4N4O6. The predicted molar refractivity (Wildman–Crippen MR) is 195 cm³/mol. The van der Waals surface area contributed by atoms with Crippen LogP contribution in [0, 0.1) is 11.6 Å². The Morgan fingerprint density at radius 2 is 1.58 bits per heavy atom. The molecular weight excluding hydrogens is 720 g/mol. The zero-order valence-electron chi connectivity index (χ0n) is 30.5. The summed E-state index contributed by atoms with van der Waals surface area (Å²) in [6, 6.07) is 9.65. The lowest BCUT2D eigenvalue weighted by Crippen LogP contribution is -2.37. The van der Waals surface area contributed by atoms with Gasteiger partial charge in [0.2, 0.25) is 0 Å². The highest BCUT2D eigenvalue weighted by atomic mass is 35.5. The number of hydrogen-bond donors (Lipinski definition) is 3. The number of hydrogen-bond acceptors (Lipinski definition) is 8. The summed E-state index contributed by atoms with van der Waals surface area (Å²) in [6.45, 7) is 9.74. The number of carbonyl (C=O) groups excluding carboxylic acids is 3. The number of alkyl carbamates (subject to hydrolysis) is 1. The zero-order valence-corrected chi connectivity index (χ0v) is 31.3. The van der Waals surface area contributed by atoms with E-state index in [4.69, 9.17) is 25.8 Å². The van der Waals surface area contributed by atoms with Crippen molar-refractivity contribution in [2.45, 2.75) is 96.4 Å². The van der Waals surface area contributed by atoms with E-state index < -0.39 is 59.1 Å². The van der Waals surface area contributed by atoms with Crippen LogP contribution in [0.25, 0.3) is 10.8 Å². The predicted octanol–water partition coefficient (Wildman–Crippen LogP) is 8.47. The smallest absolute Gasteiger partial charge is 0.435 e. The van der Waals surface area contributed by atoms with Gasteiger partial charge in [-0.1, -0.05) is 35.9 Å². The molecule has 0 radical (unpaired) electrons. The van der Waals surface area contributed by atoms with E-state index in [-0.39, 0.29) is 70.8 Å². The number of ether oxygens (including phenoxy) is 3. The van der Waals surface area contributed by atoms with Crippen LogP contribution in [0.15, 0.2) is 53.5 Å². The SMILES string of the molecule is CC(C)(C)OC(=O)N=C(CCCOCCC1NC1C(=O)Cc1c(Cl)ccc(NCC(F)(F)c2ccc(F)c3ccccc23)c1F)NC(=O)OC(C)(C)C. The summed E-state index contributed by atoms with van der Waals surface area (Å²) in [6.07, 6.45) is -0.942. The quantitative estimate of drug-likeness (QED) is 0.0489. The second kappa shape index (κ2) is 17.3. The van der Waals surface area contributed by atoms with Crippen molar-refractivity contribution >= 4 is 51.9 Å². The average molecular weight is 765 g/mol. The molecule has 0 aliphatic carbocycles. The summed E-state index contributed by atoms with van der Waals surface area (Å²) in [5.74, 6) is -5.30. The number of ketones is 1. The fraction of sp³-hybridized carbons (Fsp3) is 0.474. The van der Waals surface area contributed by atoms with Crippen LogP contribution in [0.5, 0.6) is 0 Å². The number of Topliss-reactive ketones (excluding diaryl/α,β-unsaturated/α-hetero) is 1. The Balaban J connectivity index is 1.25. The number of anilines is 1. The first-order chi connectivity index (χ1) is 24.7. The summed E-state index contributed by atoms with van der Waals surface area (Å²) < 4.78 is 76.5. The molecule has 10 nitrogen and oxygen atoms in total. The molecule has 1 aliphatic heterocycles. The molecule has 3 N–H and O–H groups in total. The molecule has 2 atom stereocenters. The Labute approximate surface area is 311 Å². The molecule has 0 aromatic heterocycles. The van der Waals surface area contributed by atoms with Gasteiger partial charge in [0.25, 0.3) is 5.92 Å². The molecule has 1 fully saturated rings. The van der Waals surface area contributed by atoms with E-state index in [9.17, 15) is 18.8 Å². The van der Waals surface area contributed by atoms with Crippen LogP contribution in [0.3, 0.4) is 0 Å². The Hall–Kier alpha value is -4.27. The summed E-state index contributed by atoms with van der Waals surface area (Å²) in [7, 11) is 0. The number of carbonyl (C=O) groups is 3. The highest BCUT2D eigenvalue weighted by molar-refractivity contribution is 6.31. The minimum atomic E-state index is -3.49. The number of nitrogens with one attached hydrogen (secondary N) is 3. The first kappa shape index (κ1) is 41.5. The largest absolute Gasteiger partial charge is 0.444 e. The highest BCUT2D eigenvalue weighted by Crippen LogP contribution is 2.36. The third-order valence-corrected chi connectivity index (χ3v) is 8.23.